The molecule has 2 heteroatoms. The highest BCUT2D eigenvalue weighted by Gasteiger charge is 2.04. The van der Waals surface area contributed by atoms with E-state index in [0.717, 1.165) is 11.5 Å². The van der Waals surface area contributed by atoms with Crippen molar-refractivity contribution in [3.8, 4) is 0 Å². The second kappa shape index (κ2) is 5.74. The molecule has 84 valence electrons. The van der Waals surface area contributed by atoms with Crippen molar-refractivity contribution in [1.29, 1.82) is 0 Å². The third-order valence-electron chi connectivity index (χ3n) is 2.93. The topological polar surface area (TPSA) is 24.9 Å². The summed E-state index contributed by atoms with van der Waals surface area (Å²) in [5.41, 5.74) is 3.94. The summed E-state index contributed by atoms with van der Waals surface area (Å²) in [5.74, 6) is 0.990. The number of aryl methyl sites for hydroxylation is 2. The molecular formula is C13H22N2. The fourth-order valence-corrected chi connectivity index (χ4v) is 1.76. The number of nitrogens with one attached hydrogen (secondary N) is 1. The summed E-state index contributed by atoms with van der Waals surface area (Å²) in [6.45, 7) is 6.49. The molecule has 1 rings (SSSR count). The average Bonchev–Trinajstić information content (AvgIpc) is 2.24. The quantitative estimate of drug-likeness (QED) is 0.746. The van der Waals surface area contributed by atoms with Gasteiger partial charge in [0.25, 0.3) is 0 Å². The molecule has 0 saturated heterocycles. The fraction of sp³-hybridized carbons (Fsp3) is 0.615. The molecule has 0 radical (unpaired) electrons. The van der Waals surface area contributed by atoms with Gasteiger partial charge in [-0.1, -0.05) is 19.8 Å². The van der Waals surface area contributed by atoms with Crippen LogP contribution in [0.2, 0.25) is 0 Å². The predicted molar refractivity (Wildman–Crippen MR) is 66.5 cm³/mol. The van der Waals surface area contributed by atoms with Crippen molar-refractivity contribution < 1.29 is 0 Å². The Bertz CT molecular complexity index is 319. The Labute approximate surface area is 93.1 Å². The van der Waals surface area contributed by atoms with E-state index in [9.17, 15) is 0 Å². The molecule has 1 aromatic rings. The summed E-state index contributed by atoms with van der Waals surface area (Å²) in [5, 5.41) is 3.11. The number of nitrogens with zero attached hydrogens (tertiary/aromatic N) is 1. The molecule has 0 aliphatic carbocycles. The highest BCUT2D eigenvalue weighted by molar-refractivity contribution is 5.43. The number of hydrogen-bond acceptors (Lipinski definition) is 2. The van der Waals surface area contributed by atoms with Crippen LogP contribution in [-0.4, -0.2) is 12.0 Å². The molecule has 0 atom stereocenters. The van der Waals surface area contributed by atoms with E-state index in [1.807, 2.05) is 7.05 Å². The van der Waals surface area contributed by atoms with E-state index in [0.29, 0.717) is 0 Å². The summed E-state index contributed by atoms with van der Waals surface area (Å²) in [6, 6.07) is 2.18. The molecule has 1 aromatic heterocycles. The van der Waals surface area contributed by atoms with Crippen molar-refractivity contribution in [2.45, 2.75) is 46.5 Å². The lowest BCUT2D eigenvalue weighted by atomic mass is 10.0. The van der Waals surface area contributed by atoms with Crippen LogP contribution in [0, 0.1) is 13.8 Å². The van der Waals surface area contributed by atoms with E-state index in [1.54, 1.807) is 0 Å². The molecule has 0 saturated carbocycles. The molecule has 0 amide bonds. The van der Waals surface area contributed by atoms with Crippen LogP contribution in [-0.2, 0) is 6.42 Å². The second-order valence-electron chi connectivity index (χ2n) is 4.08. The molecule has 0 fully saturated rings. The van der Waals surface area contributed by atoms with Crippen molar-refractivity contribution in [1.82, 2.24) is 4.98 Å². The molecular weight excluding hydrogens is 184 g/mol. The maximum absolute atomic E-state index is 4.47. The van der Waals surface area contributed by atoms with Gasteiger partial charge in [-0.3, -0.25) is 0 Å². The molecule has 2 nitrogen and oxygen atoms in total. The molecule has 0 spiro atoms. The lowest BCUT2D eigenvalue weighted by Crippen LogP contribution is -2.00. The smallest absolute Gasteiger partial charge is 0.126 e. The fourth-order valence-electron chi connectivity index (χ4n) is 1.76. The van der Waals surface area contributed by atoms with Gasteiger partial charge in [-0.2, -0.15) is 0 Å². The normalized spacial score (nSPS) is 10.4. The van der Waals surface area contributed by atoms with Gasteiger partial charge in [0.15, 0.2) is 0 Å². The van der Waals surface area contributed by atoms with Crippen LogP contribution >= 0.6 is 0 Å². The predicted octanol–water partition coefficient (Wildman–Crippen LogP) is 3.47. The van der Waals surface area contributed by atoms with Crippen LogP contribution in [0.4, 0.5) is 5.82 Å². The third kappa shape index (κ3) is 3.22. The van der Waals surface area contributed by atoms with Gasteiger partial charge < -0.3 is 5.32 Å². The van der Waals surface area contributed by atoms with Gasteiger partial charge in [-0.15, -0.1) is 0 Å². The maximum atomic E-state index is 4.47. The third-order valence-corrected chi connectivity index (χ3v) is 2.93. The summed E-state index contributed by atoms with van der Waals surface area (Å²) in [4.78, 5) is 4.47. The van der Waals surface area contributed by atoms with E-state index in [1.165, 1.54) is 36.8 Å². The van der Waals surface area contributed by atoms with Gasteiger partial charge >= 0.3 is 0 Å². The SMILES string of the molecule is CCCCCc1cc(NC)nc(C)c1C. The number of unbranched alkanes of at least 4 members (excludes halogenated alkanes) is 2. The number of hydrogen-bond donors (Lipinski definition) is 1. The van der Waals surface area contributed by atoms with Crippen molar-refractivity contribution in [3.63, 3.8) is 0 Å². The van der Waals surface area contributed by atoms with Crippen molar-refractivity contribution in [2.75, 3.05) is 12.4 Å². The molecule has 0 aliphatic heterocycles. The number of aromatic nitrogens is 1. The van der Waals surface area contributed by atoms with Crippen molar-refractivity contribution in [3.05, 3.63) is 22.9 Å². The standard InChI is InChI=1S/C13H22N2/c1-5-6-7-8-12-9-13(14-4)15-11(3)10(12)2/h9H,5-8H2,1-4H3,(H,14,15). The Morgan fingerprint density at radius 3 is 2.60 bits per heavy atom. The lowest BCUT2D eigenvalue weighted by Gasteiger charge is -2.10. The van der Waals surface area contributed by atoms with Crippen molar-refractivity contribution in [2.24, 2.45) is 0 Å². The highest BCUT2D eigenvalue weighted by atomic mass is 15.0. The summed E-state index contributed by atoms with van der Waals surface area (Å²) < 4.78 is 0. The monoisotopic (exact) mass is 206 g/mol. The van der Waals surface area contributed by atoms with E-state index < -0.39 is 0 Å². The zero-order valence-electron chi connectivity index (χ0n) is 10.4. The van der Waals surface area contributed by atoms with Crippen LogP contribution in [0.25, 0.3) is 0 Å². The Hall–Kier alpha value is -1.05. The van der Waals surface area contributed by atoms with Crippen LogP contribution in [0.5, 0.6) is 0 Å². The van der Waals surface area contributed by atoms with Gasteiger partial charge in [-0.05, 0) is 43.9 Å². The van der Waals surface area contributed by atoms with Gasteiger partial charge in [0.2, 0.25) is 0 Å². The van der Waals surface area contributed by atoms with Crippen molar-refractivity contribution >= 4 is 5.82 Å². The Balaban J connectivity index is 2.80. The maximum Gasteiger partial charge on any atom is 0.126 e. The zero-order valence-corrected chi connectivity index (χ0v) is 10.4. The first-order valence-corrected chi connectivity index (χ1v) is 5.84. The molecule has 0 unspecified atom stereocenters. The van der Waals surface area contributed by atoms with Gasteiger partial charge in [0, 0.05) is 12.7 Å². The Morgan fingerprint density at radius 2 is 2.00 bits per heavy atom. The summed E-state index contributed by atoms with van der Waals surface area (Å²) >= 11 is 0. The molecule has 1 N–H and O–H groups in total. The molecule has 1 heterocycles. The van der Waals surface area contributed by atoms with Crippen LogP contribution in [0.3, 0.4) is 0 Å². The summed E-state index contributed by atoms with van der Waals surface area (Å²) in [7, 11) is 1.92. The summed E-state index contributed by atoms with van der Waals surface area (Å²) in [6.07, 6.45) is 5.05. The Kier molecular flexibility index (Phi) is 4.60. The van der Waals surface area contributed by atoms with Gasteiger partial charge in [0.05, 0.1) is 0 Å². The minimum absolute atomic E-state index is 0.990. The number of rotatable bonds is 5. The minimum atomic E-state index is 0.990. The Morgan fingerprint density at radius 1 is 1.27 bits per heavy atom. The first-order chi connectivity index (χ1) is 7.19. The van der Waals surface area contributed by atoms with Crippen LogP contribution in [0.15, 0.2) is 6.07 Å². The largest absolute Gasteiger partial charge is 0.373 e. The first kappa shape index (κ1) is 12.0. The molecule has 15 heavy (non-hydrogen) atoms. The average molecular weight is 206 g/mol. The molecule has 0 aliphatic rings. The van der Waals surface area contributed by atoms with E-state index in [-0.39, 0.29) is 0 Å². The van der Waals surface area contributed by atoms with Gasteiger partial charge in [0.1, 0.15) is 5.82 Å². The molecule has 0 bridgehead atoms. The first-order valence-electron chi connectivity index (χ1n) is 5.84. The highest BCUT2D eigenvalue weighted by Crippen LogP contribution is 2.18. The van der Waals surface area contributed by atoms with E-state index in [2.05, 4.69) is 37.1 Å². The number of anilines is 1. The zero-order chi connectivity index (χ0) is 11.3. The van der Waals surface area contributed by atoms with Crippen LogP contribution in [0.1, 0.15) is 43.0 Å². The number of pyridine rings is 1. The van der Waals surface area contributed by atoms with Gasteiger partial charge in [-0.25, -0.2) is 4.98 Å². The van der Waals surface area contributed by atoms with Crippen LogP contribution < -0.4 is 5.32 Å². The van der Waals surface area contributed by atoms with E-state index in [4.69, 9.17) is 0 Å². The minimum Gasteiger partial charge on any atom is -0.373 e. The van der Waals surface area contributed by atoms with E-state index >= 15 is 0 Å². The lowest BCUT2D eigenvalue weighted by molar-refractivity contribution is 0.714. The molecule has 0 aromatic carbocycles. The second-order valence-corrected chi connectivity index (χ2v) is 4.08.